The van der Waals surface area contributed by atoms with Gasteiger partial charge < -0.3 is 9.51 Å². The van der Waals surface area contributed by atoms with Gasteiger partial charge in [-0.15, -0.1) is 11.8 Å². The van der Waals surface area contributed by atoms with Crippen molar-refractivity contribution >= 4 is 23.2 Å². The van der Waals surface area contributed by atoms with Crippen molar-refractivity contribution in [2.45, 2.75) is 28.9 Å². The molecule has 1 N–H and O–H groups in total. The number of thioether (sulfide) groups is 1. The lowest BCUT2D eigenvalue weighted by Crippen LogP contribution is -2.41. The summed E-state index contributed by atoms with van der Waals surface area (Å²) in [5, 5.41) is 28.3. The largest absolute Gasteiger partial charge is 0.480 e. The molecule has 0 spiro atoms. The highest BCUT2D eigenvalue weighted by atomic mass is 32.2. The molecule has 3 aromatic heterocycles. The predicted octanol–water partition coefficient (Wildman–Crippen LogP) is 3.84. The first-order valence-electron chi connectivity index (χ1n) is 8.40. The van der Waals surface area contributed by atoms with Gasteiger partial charge in [-0.25, -0.2) is 0 Å². The zero-order valence-corrected chi connectivity index (χ0v) is 15.0. The second-order valence-corrected chi connectivity index (χ2v) is 7.89. The van der Waals surface area contributed by atoms with Crippen molar-refractivity contribution in [2.24, 2.45) is 0 Å². The van der Waals surface area contributed by atoms with Crippen LogP contribution < -0.4 is 0 Å². The molecule has 1 aliphatic carbocycles. The summed E-state index contributed by atoms with van der Waals surface area (Å²) in [4.78, 5) is 16.8. The van der Waals surface area contributed by atoms with Gasteiger partial charge in [0.2, 0.25) is 0 Å². The summed E-state index contributed by atoms with van der Waals surface area (Å²) < 4.78 is 1.00. The molecular weight excluding hydrogens is 360 g/mol. The van der Waals surface area contributed by atoms with Crippen LogP contribution in [-0.4, -0.2) is 25.2 Å². The van der Waals surface area contributed by atoms with Gasteiger partial charge >= 0.3 is 5.97 Å². The summed E-state index contributed by atoms with van der Waals surface area (Å²) in [6.07, 6.45) is 7.22. The molecule has 132 valence electrons. The highest BCUT2D eigenvalue weighted by Crippen LogP contribution is 2.49. The molecule has 0 saturated heterocycles. The first-order chi connectivity index (χ1) is 13.1. The third kappa shape index (κ3) is 2.73. The van der Waals surface area contributed by atoms with Crippen LogP contribution in [0.25, 0.3) is 16.8 Å². The Morgan fingerprint density at radius 1 is 1.26 bits per heavy atom. The Balaban J connectivity index is 1.88. The Morgan fingerprint density at radius 2 is 2.07 bits per heavy atom. The number of rotatable bonds is 4. The third-order valence-electron chi connectivity index (χ3n) is 4.93. The Hall–Kier alpha value is -3.29. The molecule has 0 atom stereocenters. The van der Waals surface area contributed by atoms with E-state index in [-0.39, 0.29) is 0 Å². The number of aromatic nitrogens is 2. The summed E-state index contributed by atoms with van der Waals surface area (Å²) in [6, 6.07) is 11.3. The molecule has 3 aromatic rings. The maximum atomic E-state index is 11.8. The second kappa shape index (κ2) is 6.46. The molecule has 1 fully saturated rings. The minimum absolute atomic E-state index is 0.457. The first kappa shape index (κ1) is 17.1. The van der Waals surface area contributed by atoms with Crippen molar-refractivity contribution < 1.29 is 9.90 Å². The van der Waals surface area contributed by atoms with Gasteiger partial charge in [0.25, 0.3) is 0 Å². The van der Waals surface area contributed by atoms with Crippen LogP contribution in [0.4, 0.5) is 0 Å². The Labute approximate surface area is 159 Å². The predicted molar refractivity (Wildman–Crippen MR) is 100 cm³/mol. The van der Waals surface area contributed by atoms with E-state index < -0.39 is 10.7 Å². The minimum atomic E-state index is -0.795. The molecule has 1 aliphatic rings. The fourth-order valence-electron chi connectivity index (χ4n) is 3.30. The smallest absolute Gasteiger partial charge is 0.320 e. The fourth-order valence-corrected chi connectivity index (χ4v) is 4.70. The van der Waals surface area contributed by atoms with E-state index >= 15 is 0 Å². The Kier molecular flexibility index (Phi) is 4.10. The molecule has 3 heterocycles. The van der Waals surface area contributed by atoms with Crippen LogP contribution in [0, 0.1) is 22.7 Å². The van der Waals surface area contributed by atoms with Gasteiger partial charge in [-0.2, -0.15) is 10.5 Å². The van der Waals surface area contributed by atoms with Crippen molar-refractivity contribution in [1.29, 1.82) is 10.5 Å². The molecule has 7 heteroatoms. The van der Waals surface area contributed by atoms with Gasteiger partial charge in [0.05, 0.1) is 22.3 Å². The molecule has 0 aliphatic heterocycles. The van der Waals surface area contributed by atoms with E-state index in [0.717, 1.165) is 22.6 Å². The van der Waals surface area contributed by atoms with Gasteiger partial charge in [0.1, 0.15) is 16.9 Å². The summed E-state index contributed by atoms with van der Waals surface area (Å²) in [5.74, 6) is -0.792. The second-order valence-electron chi connectivity index (χ2n) is 6.47. The average molecular weight is 374 g/mol. The lowest BCUT2D eigenvalue weighted by molar-refractivity contribution is -0.142. The van der Waals surface area contributed by atoms with Crippen LogP contribution in [0.3, 0.4) is 0 Å². The molecule has 1 saturated carbocycles. The van der Waals surface area contributed by atoms with Crippen molar-refractivity contribution in [3.8, 4) is 23.4 Å². The molecule has 0 aromatic carbocycles. The quantitative estimate of drug-likeness (QED) is 0.744. The van der Waals surface area contributed by atoms with Gasteiger partial charge in [-0.3, -0.25) is 9.78 Å². The lowest BCUT2D eigenvalue weighted by Gasteiger charge is -2.37. The van der Waals surface area contributed by atoms with E-state index in [4.69, 9.17) is 0 Å². The van der Waals surface area contributed by atoms with Crippen LogP contribution in [0.2, 0.25) is 0 Å². The van der Waals surface area contributed by atoms with Crippen LogP contribution in [0.5, 0.6) is 0 Å². The van der Waals surface area contributed by atoms with Crippen LogP contribution in [0.1, 0.15) is 30.4 Å². The molecule has 0 radical (unpaired) electrons. The zero-order chi connectivity index (χ0) is 19.0. The van der Waals surface area contributed by atoms with E-state index in [1.807, 2.05) is 12.1 Å². The number of fused-ring (bicyclic) bond motifs is 1. The number of nitriles is 2. The lowest BCUT2D eigenvalue weighted by atomic mass is 9.84. The van der Waals surface area contributed by atoms with Crippen molar-refractivity contribution in [2.75, 3.05) is 0 Å². The Morgan fingerprint density at radius 3 is 2.70 bits per heavy atom. The van der Waals surface area contributed by atoms with E-state index in [1.54, 1.807) is 35.1 Å². The highest BCUT2D eigenvalue weighted by Gasteiger charge is 2.45. The first-order valence-corrected chi connectivity index (χ1v) is 9.22. The van der Waals surface area contributed by atoms with E-state index in [1.165, 1.54) is 11.8 Å². The Bertz CT molecular complexity index is 1150. The van der Waals surface area contributed by atoms with Crippen LogP contribution >= 0.6 is 11.8 Å². The number of carboxylic acid groups (broad SMARTS) is 1. The average Bonchev–Trinajstić information content (AvgIpc) is 3.08. The summed E-state index contributed by atoms with van der Waals surface area (Å²) >= 11 is 1.36. The molecular formula is C20H14N4O2S. The minimum Gasteiger partial charge on any atom is -0.480 e. The molecule has 6 nitrogen and oxygen atoms in total. The fraction of sp³-hybridized carbons (Fsp3) is 0.200. The maximum absolute atomic E-state index is 11.8. The molecule has 4 rings (SSSR count). The maximum Gasteiger partial charge on any atom is 0.320 e. The van der Waals surface area contributed by atoms with Gasteiger partial charge in [0.15, 0.2) is 0 Å². The normalized spacial score (nSPS) is 14.9. The van der Waals surface area contributed by atoms with Crippen LogP contribution in [0.15, 0.2) is 47.8 Å². The molecule has 0 unspecified atom stereocenters. The van der Waals surface area contributed by atoms with Crippen molar-refractivity contribution in [3.05, 3.63) is 54.0 Å². The summed E-state index contributed by atoms with van der Waals surface area (Å²) in [6.45, 7) is 0. The van der Waals surface area contributed by atoms with Crippen molar-refractivity contribution in [1.82, 2.24) is 9.38 Å². The number of pyridine rings is 2. The van der Waals surface area contributed by atoms with Gasteiger partial charge in [-0.05, 0) is 43.5 Å². The van der Waals surface area contributed by atoms with E-state index in [2.05, 4.69) is 17.1 Å². The number of aliphatic carboxylic acids is 1. The summed E-state index contributed by atoms with van der Waals surface area (Å²) in [5.41, 5.74) is 3.12. The topological polar surface area (TPSA) is 102 Å². The molecule has 0 bridgehead atoms. The third-order valence-corrected chi connectivity index (χ3v) is 6.48. The monoisotopic (exact) mass is 374 g/mol. The number of nitrogens with zero attached hydrogens (tertiary/aromatic N) is 4. The molecule has 27 heavy (non-hydrogen) atoms. The number of carboxylic acids is 1. The van der Waals surface area contributed by atoms with Gasteiger partial charge in [-0.1, -0.05) is 0 Å². The summed E-state index contributed by atoms with van der Waals surface area (Å²) in [7, 11) is 0. The number of hydrogen-bond acceptors (Lipinski definition) is 5. The SMILES string of the molecule is N#Cc1cc2c(C#N)ccc(-c3cnccc3SC3(C(=O)O)CCC3)n2c1. The molecule has 0 amide bonds. The standard InChI is InChI=1S/C20H14N4O2S/c21-9-13-8-17-14(10-22)2-3-16(24(17)12-13)15-11-23-7-4-18(15)27-20(19(25)26)5-1-6-20/h2-4,7-8,11-12H,1,5-6H2,(H,25,26). The van der Waals surface area contributed by atoms with E-state index in [0.29, 0.717) is 29.5 Å². The van der Waals surface area contributed by atoms with E-state index in [9.17, 15) is 20.4 Å². The number of hydrogen-bond donors (Lipinski definition) is 1. The highest BCUT2D eigenvalue weighted by molar-refractivity contribution is 8.01. The van der Waals surface area contributed by atoms with Crippen molar-refractivity contribution in [3.63, 3.8) is 0 Å². The van der Waals surface area contributed by atoms with Crippen LogP contribution in [-0.2, 0) is 4.79 Å². The van der Waals surface area contributed by atoms with Gasteiger partial charge in [0, 0.05) is 29.0 Å². The number of carbonyl (C=O) groups is 1. The zero-order valence-electron chi connectivity index (χ0n) is 14.2.